The molecule has 0 aromatic carbocycles. The van der Waals surface area contributed by atoms with E-state index in [0.29, 0.717) is 25.9 Å². The van der Waals surface area contributed by atoms with Crippen LogP contribution in [0.25, 0.3) is 0 Å². The van der Waals surface area contributed by atoms with Crippen molar-refractivity contribution < 1.29 is 24.5 Å². The number of carbonyl (C=O) groups excluding carboxylic acids is 2. The lowest BCUT2D eigenvalue weighted by atomic mass is 10.0. The average molecular weight is 1030 g/mol. The Morgan fingerprint density at radius 3 is 0.973 bits per heavy atom. The summed E-state index contributed by atoms with van der Waals surface area (Å²) < 4.78 is 5.48. The van der Waals surface area contributed by atoms with Gasteiger partial charge in [-0.25, -0.2) is 0 Å². The molecule has 0 rings (SSSR count). The number of allylic oxidation sites excluding steroid dienone is 2. The molecule has 0 saturated carbocycles. The molecule has 0 heterocycles. The molecular weight excluding hydrogens is 899 g/mol. The van der Waals surface area contributed by atoms with Crippen LogP contribution < -0.4 is 5.32 Å². The quantitative estimate of drug-likeness (QED) is 0.0320. The van der Waals surface area contributed by atoms with Crippen LogP contribution in [0.5, 0.6) is 0 Å². The number of ether oxygens (including phenoxy) is 1. The summed E-state index contributed by atoms with van der Waals surface area (Å²) in [5.74, 6) is -0.0325. The third-order valence-electron chi connectivity index (χ3n) is 15.8. The van der Waals surface area contributed by atoms with Gasteiger partial charge in [0.25, 0.3) is 0 Å². The van der Waals surface area contributed by atoms with Gasteiger partial charge in [-0.2, -0.15) is 0 Å². The maximum atomic E-state index is 12.5. The van der Waals surface area contributed by atoms with Gasteiger partial charge >= 0.3 is 5.97 Å². The molecule has 73 heavy (non-hydrogen) atoms. The monoisotopic (exact) mass is 1030 g/mol. The molecule has 2 atom stereocenters. The molecule has 0 aromatic heterocycles. The van der Waals surface area contributed by atoms with E-state index in [-0.39, 0.29) is 18.5 Å². The van der Waals surface area contributed by atoms with Crippen LogP contribution in [0.2, 0.25) is 0 Å². The fourth-order valence-electron chi connectivity index (χ4n) is 10.7. The topological polar surface area (TPSA) is 95.9 Å². The Bertz CT molecular complexity index is 1100. The van der Waals surface area contributed by atoms with E-state index >= 15 is 0 Å². The second kappa shape index (κ2) is 63.1. The fraction of sp³-hybridized carbons (Fsp3) is 0.940. The third-order valence-corrected chi connectivity index (χ3v) is 15.8. The second-order valence-electron chi connectivity index (χ2n) is 23.2. The first kappa shape index (κ1) is 71.6. The van der Waals surface area contributed by atoms with E-state index in [2.05, 4.69) is 31.3 Å². The van der Waals surface area contributed by atoms with E-state index in [1.807, 2.05) is 0 Å². The average Bonchev–Trinajstić information content (AvgIpc) is 3.39. The Morgan fingerprint density at radius 1 is 0.370 bits per heavy atom. The van der Waals surface area contributed by atoms with Gasteiger partial charge in [-0.3, -0.25) is 9.59 Å². The molecule has 0 aliphatic rings. The highest BCUT2D eigenvalue weighted by molar-refractivity contribution is 5.76. The van der Waals surface area contributed by atoms with Crippen LogP contribution in [0.15, 0.2) is 12.2 Å². The van der Waals surface area contributed by atoms with Gasteiger partial charge in [0, 0.05) is 12.8 Å². The van der Waals surface area contributed by atoms with E-state index in [9.17, 15) is 19.8 Å². The zero-order valence-electron chi connectivity index (χ0n) is 49.6. The van der Waals surface area contributed by atoms with Crippen LogP contribution in [-0.4, -0.2) is 47.4 Å². The molecule has 0 fully saturated rings. The normalized spacial score (nSPS) is 12.5. The predicted molar refractivity (Wildman–Crippen MR) is 320 cm³/mol. The minimum atomic E-state index is -0.671. The Kier molecular flexibility index (Phi) is 61.9. The van der Waals surface area contributed by atoms with Gasteiger partial charge in [-0.1, -0.05) is 328 Å². The number of hydrogen-bond donors (Lipinski definition) is 3. The summed E-state index contributed by atoms with van der Waals surface area (Å²) in [7, 11) is 0. The minimum Gasteiger partial charge on any atom is -0.466 e. The first-order chi connectivity index (χ1) is 36.0. The molecule has 3 N–H and O–H groups in total. The van der Waals surface area contributed by atoms with Crippen molar-refractivity contribution in [3.05, 3.63) is 12.2 Å². The number of rotatable bonds is 63. The van der Waals surface area contributed by atoms with E-state index in [1.165, 1.54) is 308 Å². The van der Waals surface area contributed by atoms with Crippen molar-refractivity contribution in [2.75, 3.05) is 13.2 Å². The van der Waals surface area contributed by atoms with E-state index < -0.39 is 12.1 Å². The van der Waals surface area contributed by atoms with Gasteiger partial charge in [-0.15, -0.1) is 0 Å². The molecule has 6 nitrogen and oxygen atoms in total. The first-order valence-corrected chi connectivity index (χ1v) is 33.4. The molecule has 0 aliphatic carbocycles. The number of hydrogen-bond acceptors (Lipinski definition) is 5. The molecule has 6 heteroatoms. The van der Waals surface area contributed by atoms with Crippen LogP contribution >= 0.6 is 0 Å². The molecule has 0 bridgehead atoms. The zero-order chi connectivity index (χ0) is 52.9. The van der Waals surface area contributed by atoms with Crippen LogP contribution in [0, 0.1) is 0 Å². The lowest BCUT2D eigenvalue weighted by molar-refractivity contribution is -0.143. The van der Waals surface area contributed by atoms with Crippen molar-refractivity contribution in [2.24, 2.45) is 0 Å². The number of aliphatic hydroxyl groups excluding tert-OH is 2. The van der Waals surface area contributed by atoms with Crippen molar-refractivity contribution in [3.63, 3.8) is 0 Å². The largest absolute Gasteiger partial charge is 0.466 e. The van der Waals surface area contributed by atoms with Crippen LogP contribution in [0.3, 0.4) is 0 Å². The second-order valence-corrected chi connectivity index (χ2v) is 23.2. The minimum absolute atomic E-state index is 0.00742. The predicted octanol–water partition coefficient (Wildman–Crippen LogP) is 21.2. The molecule has 0 saturated heterocycles. The van der Waals surface area contributed by atoms with Gasteiger partial charge in [0.05, 0.1) is 25.4 Å². The number of aliphatic hydroxyl groups is 2. The summed E-state index contributed by atoms with van der Waals surface area (Å²) in [5, 5.41) is 23.4. The summed E-state index contributed by atoms with van der Waals surface area (Å²) >= 11 is 0. The molecule has 434 valence electrons. The van der Waals surface area contributed by atoms with Crippen LogP contribution in [0.1, 0.15) is 380 Å². The van der Waals surface area contributed by atoms with Crippen LogP contribution in [0.4, 0.5) is 0 Å². The standard InChI is InChI=1S/C67H131NO5/c1-3-5-7-9-11-13-15-17-19-20-21-22-23-24-26-29-32-35-39-43-47-51-55-59-65(70)64(63-69)68-66(71)60-56-52-48-44-40-36-33-30-27-25-28-31-34-38-42-46-50-54-58-62-73-67(72)61-57-53-49-45-41-37-18-16-14-12-10-8-6-4-2/h25,27,64-65,69-70H,3-24,26,28-63H2,1-2H3,(H,68,71)/b27-25-. The van der Waals surface area contributed by atoms with Gasteiger partial charge < -0.3 is 20.3 Å². The number of nitrogens with one attached hydrogen (secondary N) is 1. The van der Waals surface area contributed by atoms with Crippen LogP contribution in [-0.2, 0) is 14.3 Å². The highest BCUT2D eigenvalue weighted by Crippen LogP contribution is 2.19. The molecule has 0 aliphatic heterocycles. The molecule has 0 aromatic rings. The van der Waals surface area contributed by atoms with E-state index in [0.717, 1.165) is 38.5 Å². The number of carbonyl (C=O) groups is 2. The van der Waals surface area contributed by atoms with Crippen molar-refractivity contribution in [1.82, 2.24) is 5.32 Å². The molecule has 2 unspecified atom stereocenters. The number of unbranched alkanes of at least 4 members (excludes halogenated alkanes) is 50. The summed E-state index contributed by atoms with van der Waals surface area (Å²) in [6.45, 7) is 4.98. The Labute approximate surface area is 457 Å². The first-order valence-electron chi connectivity index (χ1n) is 33.4. The lowest BCUT2D eigenvalue weighted by Crippen LogP contribution is -2.45. The van der Waals surface area contributed by atoms with Gasteiger partial charge in [0.15, 0.2) is 0 Å². The van der Waals surface area contributed by atoms with Crippen molar-refractivity contribution >= 4 is 11.9 Å². The third kappa shape index (κ3) is 59.7. The number of amides is 1. The van der Waals surface area contributed by atoms with Gasteiger partial charge in [0.2, 0.25) is 5.91 Å². The van der Waals surface area contributed by atoms with E-state index in [1.54, 1.807) is 0 Å². The van der Waals surface area contributed by atoms with Crippen molar-refractivity contribution in [2.45, 2.75) is 392 Å². The Balaban J connectivity index is 3.42. The Morgan fingerprint density at radius 2 is 0.644 bits per heavy atom. The van der Waals surface area contributed by atoms with Crippen molar-refractivity contribution in [3.8, 4) is 0 Å². The fourth-order valence-corrected chi connectivity index (χ4v) is 10.7. The smallest absolute Gasteiger partial charge is 0.305 e. The van der Waals surface area contributed by atoms with Gasteiger partial charge in [0.1, 0.15) is 0 Å². The summed E-state index contributed by atoms with van der Waals surface area (Å²) in [6, 6.07) is -0.549. The molecule has 0 spiro atoms. The SMILES string of the molecule is CCCCCCCCCCCCCCCCCCCCCCCCCC(O)C(CO)NC(=O)CCCCCCCCC/C=C\CCCCCCCCCCOC(=O)CCCCCCCCCCCCCCCC. The Hall–Kier alpha value is -1.40. The lowest BCUT2D eigenvalue weighted by Gasteiger charge is -2.22. The van der Waals surface area contributed by atoms with Crippen molar-refractivity contribution in [1.29, 1.82) is 0 Å². The highest BCUT2D eigenvalue weighted by Gasteiger charge is 2.20. The maximum Gasteiger partial charge on any atom is 0.305 e. The zero-order valence-corrected chi connectivity index (χ0v) is 49.6. The molecule has 0 radical (unpaired) electrons. The van der Waals surface area contributed by atoms with E-state index in [4.69, 9.17) is 4.74 Å². The maximum absolute atomic E-state index is 12.5. The number of esters is 1. The summed E-state index contributed by atoms with van der Waals surface area (Å²) in [5.41, 5.74) is 0. The highest BCUT2D eigenvalue weighted by atomic mass is 16.5. The molecule has 1 amide bonds. The molecular formula is C67H131NO5. The summed E-state index contributed by atoms with van der Waals surface area (Å²) in [6.07, 6.45) is 76.6. The van der Waals surface area contributed by atoms with Gasteiger partial charge in [-0.05, 0) is 51.4 Å². The summed E-state index contributed by atoms with van der Waals surface area (Å²) in [4.78, 5) is 24.6.